The van der Waals surface area contributed by atoms with Crippen molar-refractivity contribution < 1.29 is 9.59 Å². The molecule has 0 saturated carbocycles. The Morgan fingerprint density at radius 3 is 2.70 bits per heavy atom. The van der Waals surface area contributed by atoms with Crippen molar-refractivity contribution in [3.63, 3.8) is 0 Å². The molecule has 1 aromatic rings. The van der Waals surface area contributed by atoms with Crippen molar-refractivity contribution in [2.75, 3.05) is 19.6 Å². The molecule has 1 aliphatic heterocycles. The van der Waals surface area contributed by atoms with Crippen molar-refractivity contribution in [1.82, 2.24) is 15.5 Å². The molecule has 2 rings (SSSR count). The van der Waals surface area contributed by atoms with E-state index in [4.69, 9.17) is 0 Å². The number of rotatable bonds is 6. The lowest BCUT2D eigenvalue weighted by molar-refractivity contribution is -0.121. The van der Waals surface area contributed by atoms with Gasteiger partial charge in [0.25, 0.3) is 0 Å². The number of benzene rings is 1. The number of hydrogen-bond donors (Lipinski definition) is 2. The lowest BCUT2D eigenvalue weighted by Crippen LogP contribution is -2.40. The van der Waals surface area contributed by atoms with E-state index in [1.807, 2.05) is 24.8 Å². The Hall–Kier alpha value is -2.04. The van der Waals surface area contributed by atoms with Crippen LogP contribution in [0.3, 0.4) is 0 Å². The molecule has 0 spiro atoms. The average Bonchev–Trinajstić information content (AvgIpc) is 2.96. The summed E-state index contributed by atoms with van der Waals surface area (Å²) in [5.41, 5.74) is 1.32. The lowest BCUT2D eigenvalue weighted by Gasteiger charge is -2.17. The van der Waals surface area contributed by atoms with Gasteiger partial charge in [0, 0.05) is 32.1 Å². The Labute approximate surface area is 138 Å². The number of hydrogen-bond acceptors (Lipinski definition) is 2. The fraction of sp³-hybridized carbons (Fsp3) is 0.556. The first-order chi connectivity index (χ1) is 11.0. The third-order valence-electron chi connectivity index (χ3n) is 4.02. The topological polar surface area (TPSA) is 61.4 Å². The summed E-state index contributed by atoms with van der Waals surface area (Å²) in [5, 5.41) is 5.66. The van der Waals surface area contributed by atoms with Gasteiger partial charge >= 0.3 is 6.03 Å². The van der Waals surface area contributed by atoms with E-state index in [-0.39, 0.29) is 18.0 Å². The monoisotopic (exact) mass is 317 g/mol. The van der Waals surface area contributed by atoms with Crippen LogP contribution in [0.2, 0.25) is 0 Å². The van der Waals surface area contributed by atoms with E-state index in [1.165, 1.54) is 5.56 Å². The molecule has 2 N–H and O–H groups in total. The van der Waals surface area contributed by atoms with Crippen LogP contribution in [0, 0.1) is 5.92 Å². The Morgan fingerprint density at radius 2 is 2.00 bits per heavy atom. The van der Waals surface area contributed by atoms with Crippen LogP contribution < -0.4 is 10.6 Å². The fourth-order valence-corrected chi connectivity index (χ4v) is 2.92. The zero-order chi connectivity index (χ0) is 16.7. The van der Waals surface area contributed by atoms with Crippen molar-refractivity contribution in [3.8, 4) is 0 Å². The summed E-state index contributed by atoms with van der Waals surface area (Å²) in [6, 6.07) is 10.5. The van der Waals surface area contributed by atoms with Crippen molar-refractivity contribution in [1.29, 1.82) is 0 Å². The second-order valence-electron chi connectivity index (χ2n) is 6.49. The summed E-state index contributed by atoms with van der Waals surface area (Å²) < 4.78 is 0. The van der Waals surface area contributed by atoms with Gasteiger partial charge in [-0.2, -0.15) is 0 Å². The van der Waals surface area contributed by atoms with E-state index in [0.717, 1.165) is 25.9 Å². The largest absolute Gasteiger partial charge is 0.354 e. The van der Waals surface area contributed by atoms with Gasteiger partial charge < -0.3 is 15.5 Å². The molecule has 0 bridgehead atoms. The van der Waals surface area contributed by atoms with E-state index < -0.39 is 0 Å². The predicted octanol–water partition coefficient (Wildman–Crippen LogP) is 2.18. The number of amides is 3. The maximum atomic E-state index is 12.1. The van der Waals surface area contributed by atoms with Gasteiger partial charge in [0.1, 0.15) is 0 Å². The number of carbonyl (C=O) groups excluding carboxylic acids is 2. The van der Waals surface area contributed by atoms with E-state index in [1.54, 1.807) is 0 Å². The third kappa shape index (κ3) is 5.93. The van der Waals surface area contributed by atoms with Crippen molar-refractivity contribution in [2.24, 2.45) is 5.92 Å². The zero-order valence-corrected chi connectivity index (χ0v) is 14.0. The van der Waals surface area contributed by atoms with Crippen molar-refractivity contribution in [2.45, 2.75) is 39.2 Å². The first-order valence-corrected chi connectivity index (χ1v) is 8.40. The van der Waals surface area contributed by atoms with Crippen LogP contribution >= 0.6 is 0 Å². The minimum Gasteiger partial charge on any atom is -0.354 e. The Bertz CT molecular complexity index is 516. The summed E-state index contributed by atoms with van der Waals surface area (Å²) in [4.78, 5) is 25.5. The quantitative estimate of drug-likeness (QED) is 0.845. The Morgan fingerprint density at radius 1 is 1.26 bits per heavy atom. The van der Waals surface area contributed by atoms with Gasteiger partial charge in [0.2, 0.25) is 5.91 Å². The molecule has 126 valence electrons. The molecule has 1 unspecified atom stereocenters. The molecule has 23 heavy (non-hydrogen) atoms. The minimum absolute atomic E-state index is 0.0244. The van der Waals surface area contributed by atoms with Crippen molar-refractivity contribution in [3.05, 3.63) is 35.9 Å². The standard InChI is InChI=1S/C18H27N3O2/c1-14(2)20-17(22)8-10-19-18(23)21-11-9-16(13-21)12-15-6-4-3-5-7-15/h3-7,14,16H,8-13H2,1-2H3,(H,19,23)(H,20,22). The number of urea groups is 1. The van der Waals surface area contributed by atoms with Gasteiger partial charge in [-0.1, -0.05) is 30.3 Å². The maximum Gasteiger partial charge on any atom is 0.317 e. The van der Waals surface area contributed by atoms with E-state index >= 15 is 0 Å². The highest BCUT2D eigenvalue weighted by Gasteiger charge is 2.26. The van der Waals surface area contributed by atoms with E-state index in [9.17, 15) is 9.59 Å². The maximum absolute atomic E-state index is 12.1. The molecular weight excluding hydrogens is 290 g/mol. The molecule has 5 nitrogen and oxygen atoms in total. The van der Waals surface area contributed by atoms with Crippen LogP contribution in [0.15, 0.2) is 30.3 Å². The van der Waals surface area contributed by atoms with Crippen LogP contribution in [0.1, 0.15) is 32.3 Å². The fourth-order valence-electron chi connectivity index (χ4n) is 2.92. The number of nitrogens with zero attached hydrogens (tertiary/aromatic N) is 1. The summed E-state index contributed by atoms with van der Waals surface area (Å²) in [7, 11) is 0. The molecular formula is C18H27N3O2. The van der Waals surface area contributed by atoms with E-state index in [2.05, 4.69) is 34.9 Å². The second-order valence-corrected chi connectivity index (χ2v) is 6.49. The van der Waals surface area contributed by atoms with Gasteiger partial charge in [-0.25, -0.2) is 4.79 Å². The van der Waals surface area contributed by atoms with Crippen molar-refractivity contribution >= 4 is 11.9 Å². The zero-order valence-electron chi connectivity index (χ0n) is 14.0. The average molecular weight is 317 g/mol. The summed E-state index contributed by atoms with van der Waals surface area (Å²) in [5.74, 6) is 0.496. The van der Waals surface area contributed by atoms with Crippen LogP contribution in [0.25, 0.3) is 0 Å². The molecule has 1 aromatic carbocycles. The SMILES string of the molecule is CC(C)NC(=O)CCNC(=O)N1CCC(Cc2ccccc2)C1. The first kappa shape index (κ1) is 17.3. The van der Waals surface area contributed by atoms with Gasteiger partial charge in [0.05, 0.1) is 0 Å². The minimum atomic E-state index is -0.0575. The predicted molar refractivity (Wildman–Crippen MR) is 91.1 cm³/mol. The highest BCUT2D eigenvalue weighted by Crippen LogP contribution is 2.20. The molecule has 5 heteroatoms. The Kier molecular flexibility index (Phi) is 6.44. The molecule has 3 amide bonds. The van der Waals surface area contributed by atoms with Gasteiger partial charge in [-0.05, 0) is 38.2 Å². The molecule has 0 radical (unpaired) electrons. The summed E-state index contributed by atoms with van der Waals surface area (Å²) in [6.07, 6.45) is 2.38. The van der Waals surface area contributed by atoms with Crippen LogP contribution in [-0.4, -0.2) is 42.5 Å². The highest BCUT2D eigenvalue weighted by atomic mass is 16.2. The number of carbonyl (C=O) groups is 2. The van der Waals surface area contributed by atoms with Gasteiger partial charge in [0.15, 0.2) is 0 Å². The Balaban J connectivity index is 1.67. The van der Waals surface area contributed by atoms with Gasteiger partial charge in [-0.15, -0.1) is 0 Å². The van der Waals surface area contributed by atoms with Crippen LogP contribution in [0.5, 0.6) is 0 Å². The lowest BCUT2D eigenvalue weighted by atomic mass is 9.99. The number of nitrogens with one attached hydrogen (secondary N) is 2. The smallest absolute Gasteiger partial charge is 0.317 e. The molecule has 0 aliphatic carbocycles. The first-order valence-electron chi connectivity index (χ1n) is 8.40. The summed E-state index contributed by atoms with van der Waals surface area (Å²) >= 11 is 0. The molecule has 0 aromatic heterocycles. The van der Waals surface area contributed by atoms with E-state index in [0.29, 0.717) is 18.9 Å². The second kappa shape index (κ2) is 8.56. The highest BCUT2D eigenvalue weighted by molar-refractivity contribution is 5.78. The molecule has 1 fully saturated rings. The third-order valence-corrected chi connectivity index (χ3v) is 4.02. The molecule has 1 atom stereocenters. The number of likely N-dealkylation sites (tertiary alicyclic amines) is 1. The molecule has 1 aliphatic rings. The normalized spacial score (nSPS) is 17.3. The van der Waals surface area contributed by atoms with Gasteiger partial charge in [-0.3, -0.25) is 4.79 Å². The molecule has 1 heterocycles. The molecule has 1 saturated heterocycles. The van der Waals surface area contributed by atoms with Crippen LogP contribution in [-0.2, 0) is 11.2 Å². The van der Waals surface area contributed by atoms with Crippen LogP contribution in [0.4, 0.5) is 4.79 Å². The summed E-state index contributed by atoms with van der Waals surface area (Å²) in [6.45, 7) is 5.82.